The van der Waals surface area contributed by atoms with E-state index < -0.39 is 11.5 Å². The maximum Gasteiger partial charge on any atom is 0.231 e. The highest BCUT2D eigenvalue weighted by Crippen LogP contribution is 2.46. The average Bonchev–Trinajstić information content (AvgIpc) is 2.96. The number of halogens is 1. The zero-order chi connectivity index (χ0) is 14.2. The number of rotatable bonds is 2. The van der Waals surface area contributed by atoms with E-state index in [0.717, 1.165) is 4.47 Å². The van der Waals surface area contributed by atoms with E-state index in [9.17, 15) is 10.4 Å². The van der Waals surface area contributed by atoms with Crippen molar-refractivity contribution in [1.29, 1.82) is 5.26 Å². The van der Waals surface area contributed by atoms with Gasteiger partial charge in [-0.2, -0.15) is 5.26 Å². The van der Waals surface area contributed by atoms with Crippen molar-refractivity contribution in [2.75, 3.05) is 20.0 Å². The van der Waals surface area contributed by atoms with E-state index >= 15 is 0 Å². The van der Waals surface area contributed by atoms with E-state index in [2.05, 4.69) is 22.0 Å². The molecule has 0 amide bonds. The van der Waals surface area contributed by atoms with Crippen LogP contribution in [0.25, 0.3) is 0 Å². The van der Waals surface area contributed by atoms with Crippen LogP contribution in [-0.2, 0) is 4.74 Å². The highest BCUT2D eigenvalue weighted by Gasteiger charge is 2.41. The molecule has 1 aromatic carbocycles. The lowest BCUT2D eigenvalue weighted by Gasteiger charge is -2.35. The minimum absolute atomic E-state index is 0.171. The third-order valence-corrected chi connectivity index (χ3v) is 4.49. The van der Waals surface area contributed by atoms with Crippen LogP contribution in [-0.4, -0.2) is 25.1 Å². The molecule has 0 spiro atoms. The van der Waals surface area contributed by atoms with E-state index in [1.165, 1.54) is 0 Å². The molecule has 1 unspecified atom stereocenters. The maximum absolute atomic E-state index is 10.7. The van der Waals surface area contributed by atoms with Crippen molar-refractivity contribution in [1.82, 2.24) is 0 Å². The topological polar surface area (TPSA) is 71.7 Å². The largest absolute Gasteiger partial charge is 0.454 e. The van der Waals surface area contributed by atoms with Gasteiger partial charge < -0.3 is 19.3 Å². The minimum Gasteiger partial charge on any atom is -0.454 e. The lowest BCUT2D eigenvalue weighted by atomic mass is 9.74. The summed E-state index contributed by atoms with van der Waals surface area (Å²) in [5.74, 6) is 1.23. The first kappa shape index (κ1) is 13.7. The second kappa shape index (κ2) is 5.24. The summed E-state index contributed by atoms with van der Waals surface area (Å²) in [6.07, 6.45) is 0.176. The summed E-state index contributed by atoms with van der Waals surface area (Å²) in [4.78, 5) is 0. The summed E-state index contributed by atoms with van der Waals surface area (Å²) in [6, 6.07) is 5.81. The van der Waals surface area contributed by atoms with E-state index in [-0.39, 0.29) is 6.79 Å². The Labute approximate surface area is 125 Å². The van der Waals surface area contributed by atoms with Gasteiger partial charge in [0.15, 0.2) is 11.5 Å². The average molecular weight is 340 g/mol. The quantitative estimate of drug-likeness (QED) is 0.896. The lowest BCUT2D eigenvalue weighted by molar-refractivity contribution is -0.0310. The number of benzene rings is 1. The molecule has 2 heterocycles. The second-order valence-corrected chi connectivity index (χ2v) is 5.87. The second-order valence-electron chi connectivity index (χ2n) is 5.02. The smallest absolute Gasteiger partial charge is 0.231 e. The van der Waals surface area contributed by atoms with Crippen LogP contribution in [0.5, 0.6) is 11.5 Å². The Morgan fingerprint density at radius 2 is 2.05 bits per heavy atom. The number of fused-ring (bicyclic) bond motifs is 1. The van der Waals surface area contributed by atoms with Crippen LogP contribution >= 0.6 is 15.9 Å². The van der Waals surface area contributed by atoms with Gasteiger partial charge in [-0.15, -0.1) is 0 Å². The minimum atomic E-state index is -0.873. The summed E-state index contributed by atoms with van der Waals surface area (Å²) in [6.45, 7) is 1.16. The highest BCUT2D eigenvalue weighted by atomic mass is 79.9. The number of hydrogen-bond donors (Lipinski definition) is 1. The molecular formula is C14H14BrNO4. The van der Waals surface area contributed by atoms with Crippen LogP contribution < -0.4 is 9.47 Å². The Bertz CT molecular complexity index is 563. The molecule has 2 aliphatic heterocycles. The van der Waals surface area contributed by atoms with Gasteiger partial charge in [-0.25, -0.2) is 0 Å². The van der Waals surface area contributed by atoms with Crippen molar-refractivity contribution in [3.8, 4) is 17.6 Å². The van der Waals surface area contributed by atoms with Gasteiger partial charge in [-0.05, 0) is 46.5 Å². The van der Waals surface area contributed by atoms with E-state index in [1.807, 2.05) is 0 Å². The van der Waals surface area contributed by atoms with Gasteiger partial charge in [0.25, 0.3) is 0 Å². The van der Waals surface area contributed by atoms with Crippen LogP contribution in [0.1, 0.15) is 24.5 Å². The zero-order valence-electron chi connectivity index (χ0n) is 10.8. The molecule has 1 N–H and O–H groups in total. The van der Waals surface area contributed by atoms with Gasteiger partial charge in [-0.1, -0.05) is 0 Å². The molecule has 3 rings (SSSR count). The molecule has 106 valence electrons. The molecule has 5 nitrogen and oxygen atoms in total. The molecule has 0 radical (unpaired) electrons. The fourth-order valence-corrected chi connectivity index (χ4v) is 3.22. The number of hydrogen-bond acceptors (Lipinski definition) is 5. The van der Waals surface area contributed by atoms with E-state index in [4.69, 9.17) is 14.2 Å². The van der Waals surface area contributed by atoms with Crippen molar-refractivity contribution in [2.24, 2.45) is 5.41 Å². The van der Waals surface area contributed by atoms with Crippen LogP contribution in [0.4, 0.5) is 0 Å². The van der Waals surface area contributed by atoms with Gasteiger partial charge in [0.1, 0.15) is 0 Å². The molecule has 1 aromatic rings. The van der Waals surface area contributed by atoms with Crippen molar-refractivity contribution < 1.29 is 19.3 Å². The number of nitrogens with zero attached hydrogens (tertiary/aromatic N) is 1. The first-order valence-corrected chi connectivity index (χ1v) is 7.22. The normalized spacial score (nSPS) is 21.2. The molecule has 6 heteroatoms. The summed E-state index contributed by atoms with van der Waals surface area (Å²) >= 11 is 3.41. The Kier molecular flexibility index (Phi) is 3.59. The monoisotopic (exact) mass is 339 g/mol. The number of aliphatic hydroxyl groups is 1. The molecule has 1 atom stereocenters. The van der Waals surface area contributed by atoms with Crippen LogP contribution in [0.3, 0.4) is 0 Å². The van der Waals surface area contributed by atoms with Gasteiger partial charge in [0.05, 0.1) is 22.1 Å². The summed E-state index contributed by atoms with van der Waals surface area (Å²) < 4.78 is 16.7. The number of ether oxygens (including phenoxy) is 3. The standard InChI is InChI=1S/C14H14BrNO4/c15-10-5-9(6-11-12(10)20-8-19-11)13(17)14(7-16)1-3-18-4-2-14/h5-6,13,17H,1-4,8H2. The Hall–Kier alpha value is -1.29. The predicted octanol–water partition coefficient (Wildman–Crippen LogP) is 2.53. The fraction of sp³-hybridized carbons (Fsp3) is 0.500. The number of aliphatic hydroxyl groups excluding tert-OH is 1. The number of nitriles is 1. The molecule has 0 aromatic heterocycles. The van der Waals surface area contributed by atoms with Crippen molar-refractivity contribution in [3.63, 3.8) is 0 Å². The highest BCUT2D eigenvalue weighted by molar-refractivity contribution is 9.10. The van der Waals surface area contributed by atoms with Gasteiger partial charge in [-0.3, -0.25) is 0 Å². The first-order valence-electron chi connectivity index (χ1n) is 6.42. The molecule has 0 bridgehead atoms. The Morgan fingerprint density at radius 3 is 2.75 bits per heavy atom. The lowest BCUT2D eigenvalue weighted by Crippen LogP contribution is -2.34. The van der Waals surface area contributed by atoms with Gasteiger partial charge in [0.2, 0.25) is 6.79 Å². The molecule has 2 aliphatic rings. The molecule has 20 heavy (non-hydrogen) atoms. The Balaban J connectivity index is 1.96. The predicted molar refractivity (Wildman–Crippen MR) is 73.3 cm³/mol. The first-order chi connectivity index (χ1) is 9.66. The van der Waals surface area contributed by atoms with Crippen LogP contribution in [0.15, 0.2) is 16.6 Å². The molecule has 1 saturated heterocycles. The van der Waals surface area contributed by atoms with Gasteiger partial charge in [0, 0.05) is 13.2 Å². The summed E-state index contributed by atoms with van der Waals surface area (Å²) in [7, 11) is 0. The zero-order valence-corrected chi connectivity index (χ0v) is 12.4. The van der Waals surface area contributed by atoms with Crippen LogP contribution in [0, 0.1) is 16.7 Å². The van der Waals surface area contributed by atoms with Crippen molar-refractivity contribution in [2.45, 2.75) is 18.9 Å². The van der Waals surface area contributed by atoms with Crippen molar-refractivity contribution in [3.05, 3.63) is 22.2 Å². The van der Waals surface area contributed by atoms with Crippen molar-refractivity contribution >= 4 is 15.9 Å². The summed E-state index contributed by atoms with van der Waals surface area (Å²) in [5, 5.41) is 20.2. The molecule has 0 aliphatic carbocycles. The third-order valence-electron chi connectivity index (χ3n) is 3.90. The fourth-order valence-electron chi connectivity index (χ4n) is 2.65. The molecular weight excluding hydrogens is 326 g/mol. The third kappa shape index (κ3) is 2.16. The molecule has 1 fully saturated rings. The van der Waals surface area contributed by atoms with E-state index in [0.29, 0.717) is 43.1 Å². The Morgan fingerprint density at radius 1 is 1.30 bits per heavy atom. The SMILES string of the molecule is N#CC1(C(O)c2cc(Br)c3c(c2)OCO3)CCOCC1. The van der Waals surface area contributed by atoms with E-state index in [1.54, 1.807) is 12.1 Å². The molecule has 0 saturated carbocycles. The summed E-state index contributed by atoms with van der Waals surface area (Å²) in [5.41, 5.74) is -0.143. The maximum atomic E-state index is 10.7. The van der Waals surface area contributed by atoms with Crippen LogP contribution in [0.2, 0.25) is 0 Å². The van der Waals surface area contributed by atoms with Gasteiger partial charge >= 0.3 is 0 Å².